The Labute approximate surface area is 120 Å². The third-order valence-electron chi connectivity index (χ3n) is 2.25. The lowest BCUT2D eigenvalue weighted by atomic mass is 10.2. The minimum absolute atomic E-state index is 0.0256. The second-order valence-electron chi connectivity index (χ2n) is 3.90. The molecule has 0 aromatic rings. The first-order chi connectivity index (χ1) is 9.27. The number of rotatable bonds is 9. The zero-order valence-corrected chi connectivity index (χ0v) is 11.4. The van der Waals surface area contributed by atoms with Gasteiger partial charge in [-0.3, -0.25) is 19.2 Å². The van der Waals surface area contributed by atoms with Crippen LogP contribution >= 0.6 is 12.6 Å². The minimum Gasteiger partial charge on any atom is -0.480 e. The monoisotopic (exact) mass is 311 g/mol. The molecule has 0 aromatic heterocycles. The van der Waals surface area contributed by atoms with Crippen LogP contribution in [-0.2, 0) is 19.2 Å². The van der Waals surface area contributed by atoms with Crippen LogP contribution in [0.3, 0.4) is 0 Å². The van der Waals surface area contributed by atoms with E-state index in [1.54, 1.807) is 0 Å². The first-order valence-corrected chi connectivity index (χ1v) is 6.29. The van der Waals surface area contributed by atoms with Crippen LogP contribution in [0.2, 0.25) is 0 Å². The number of amides is 2. The topological polar surface area (TPSA) is 159 Å². The average molecular weight is 311 g/mol. The van der Waals surface area contributed by atoms with Crippen molar-refractivity contribution in [1.29, 1.82) is 0 Å². The van der Waals surface area contributed by atoms with Crippen molar-refractivity contribution in [1.82, 2.24) is 10.6 Å². The fourth-order valence-electron chi connectivity index (χ4n) is 1.16. The van der Waals surface area contributed by atoms with E-state index in [4.69, 9.17) is 15.9 Å². The molecule has 0 aliphatic rings. The van der Waals surface area contributed by atoms with Gasteiger partial charge in [0.25, 0.3) is 0 Å². The SMILES string of the molecule is N[C@@H](CCC(=O)[15NH][13C@H]([13CH2]S)[13C](=O)NCC(=O)O)C(=O)O. The van der Waals surface area contributed by atoms with Gasteiger partial charge in [-0.25, -0.2) is 0 Å². The number of nitrogens with two attached hydrogens (primary N) is 1. The van der Waals surface area contributed by atoms with Crippen LogP contribution in [0, 0.1) is 0 Å². The van der Waals surface area contributed by atoms with Gasteiger partial charge in [-0.2, -0.15) is 12.6 Å². The highest BCUT2D eigenvalue weighted by atomic mass is 32.1. The third kappa shape index (κ3) is 7.59. The summed E-state index contributed by atoms with van der Waals surface area (Å²) in [7, 11) is 0. The Morgan fingerprint density at radius 3 is 2.25 bits per heavy atom. The molecule has 0 bridgehead atoms. The summed E-state index contributed by atoms with van der Waals surface area (Å²) in [5, 5.41) is 21.4. The van der Waals surface area contributed by atoms with E-state index in [1.807, 2.05) is 0 Å². The molecule has 0 unspecified atom stereocenters. The molecule has 0 rings (SSSR count). The molecule has 0 spiro atoms. The smallest absolute Gasteiger partial charge is 0.322 e. The largest absolute Gasteiger partial charge is 0.480 e. The van der Waals surface area contributed by atoms with Crippen LogP contribution in [0.15, 0.2) is 0 Å². The summed E-state index contributed by atoms with van der Waals surface area (Å²) in [6.07, 6.45) is -0.235. The minimum atomic E-state index is -1.22. The number of thiol groups is 1. The van der Waals surface area contributed by atoms with E-state index in [1.165, 1.54) is 0 Å². The van der Waals surface area contributed by atoms with Crippen molar-refractivity contribution in [2.75, 3.05) is 12.3 Å². The van der Waals surface area contributed by atoms with E-state index in [9.17, 15) is 19.2 Å². The number of hydrogen-bond donors (Lipinski definition) is 6. The highest BCUT2D eigenvalue weighted by Crippen LogP contribution is 1.97. The van der Waals surface area contributed by atoms with Gasteiger partial charge in [-0.15, -0.1) is 0 Å². The Kier molecular flexibility index (Phi) is 8.32. The molecule has 0 fully saturated rings. The number of carboxylic acid groups (broad SMARTS) is 2. The van der Waals surface area contributed by atoms with Gasteiger partial charge in [0, 0.05) is 12.2 Å². The average Bonchev–Trinajstić information content (AvgIpc) is 2.38. The second-order valence-corrected chi connectivity index (χ2v) is 4.26. The molecule has 114 valence electrons. The summed E-state index contributed by atoms with van der Waals surface area (Å²) in [6, 6.07) is -2.15. The molecule has 0 aromatic carbocycles. The van der Waals surface area contributed by atoms with Crippen molar-refractivity contribution in [2.24, 2.45) is 5.73 Å². The van der Waals surface area contributed by atoms with E-state index in [-0.39, 0.29) is 18.6 Å². The maximum atomic E-state index is 11.5. The Bertz CT molecular complexity index is 389. The molecular formula is C10H17N3O6S. The Hall–Kier alpha value is -1.81. The molecule has 0 aliphatic heterocycles. The van der Waals surface area contributed by atoms with Gasteiger partial charge in [0.15, 0.2) is 0 Å². The summed E-state index contributed by atoms with van der Waals surface area (Å²) < 4.78 is 0. The van der Waals surface area contributed by atoms with Crippen LogP contribution in [-0.4, -0.2) is 58.3 Å². The number of carboxylic acids is 2. The highest BCUT2D eigenvalue weighted by Gasteiger charge is 2.20. The maximum absolute atomic E-state index is 11.5. The van der Waals surface area contributed by atoms with E-state index < -0.39 is 42.4 Å². The number of nitrogens with one attached hydrogen (secondary N) is 2. The summed E-state index contributed by atoms with van der Waals surface area (Å²) in [6.45, 7) is -0.567. The summed E-state index contributed by atoms with van der Waals surface area (Å²) in [4.78, 5) is 43.7. The van der Waals surface area contributed by atoms with E-state index in [2.05, 4.69) is 23.3 Å². The van der Waals surface area contributed by atoms with Crippen LogP contribution in [0.4, 0.5) is 0 Å². The molecule has 0 radical (unpaired) electrons. The van der Waals surface area contributed by atoms with Crippen molar-refractivity contribution < 1.29 is 29.4 Å². The van der Waals surface area contributed by atoms with Gasteiger partial charge in [-0.05, 0) is 6.42 Å². The molecule has 0 aliphatic carbocycles. The van der Waals surface area contributed by atoms with Crippen molar-refractivity contribution >= 4 is 36.4 Å². The lowest BCUT2D eigenvalue weighted by Gasteiger charge is -2.16. The summed E-state index contributed by atoms with van der Waals surface area (Å²) in [5.74, 6) is -3.70. The lowest BCUT2D eigenvalue weighted by Crippen LogP contribution is -2.49. The predicted octanol–water partition coefficient (Wildman–Crippen LogP) is -2.21. The molecule has 0 saturated carbocycles. The quantitative estimate of drug-likeness (QED) is 0.160. The first-order valence-electron chi connectivity index (χ1n) is 5.66. The van der Waals surface area contributed by atoms with Gasteiger partial charge in [0.2, 0.25) is 11.8 Å². The van der Waals surface area contributed by atoms with Crippen LogP contribution in [0.5, 0.6) is 0 Å². The number of aliphatic carboxylic acids is 2. The molecule has 2 atom stereocenters. The van der Waals surface area contributed by atoms with Crippen LogP contribution in [0.25, 0.3) is 0 Å². The normalized spacial score (nSPS) is 13.1. The number of carbonyl (C=O) groups excluding carboxylic acids is 2. The van der Waals surface area contributed by atoms with Crippen LogP contribution in [0.1, 0.15) is 12.8 Å². The molecule has 0 heterocycles. The summed E-state index contributed by atoms with van der Waals surface area (Å²) >= 11 is 3.87. The fraction of sp³-hybridized carbons (Fsp3) is 0.600. The van der Waals surface area contributed by atoms with Crippen molar-refractivity contribution in [3.63, 3.8) is 0 Å². The molecule has 20 heavy (non-hydrogen) atoms. The predicted molar refractivity (Wildman–Crippen MR) is 71.3 cm³/mol. The van der Waals surface area contributed by atoms with Crippen molar-refractivity contribution in [3.8, 4) is 0 Å². The third-order valence-corrected chi connectivity index (χ3v) is 2.61. The number of hydrogen-bond acceptors (Lipinski definition) is 6. The lowest BCUT2D eigenvalue weighted by molar-refractivity contribution is -0.139. The van der Waals surface area contributed by atoms with Gasteiger partial charge in [0.05, 0.1) is 0 Å². The molecule has 9 nitrogen and oxygen atoms in total. The van der Waals surface area contributed by atoms with E-state index in [0.29, 0.717) is 0 Å². The van der Waals surface area contributed by atoms with Crippen molar-refractivity contribution in [3.05, 3.63) is 0 Å². The molecule has 0 saturated heterocycles. The zero-order valence-electron chi connectivity index (χ0n) is 10.5. The highest BCUT2D eigenvalue weighted by molar-refractivity contribution is 7.80. The van der Waals surface area contributed by atoms with E-state index in [0.717, 1.165) is 0 Å². The Morgan fingerprint density at radius 1 is 1.20 bits per heavy atom. The fourth-order valence-corrected chi connectivity index (χ4v) is 1.41. The van der Waals surface area contributed by atoms with Gasteiger partial charge < -0.3 is 26.6 Å². The molecule has 10 heteroatoms. The molecular weight excluding hydrogens is 294 g/mol. The van der Waals surface area contributed by atoms with Gasteiger partial charge in [0.1, 0.15) is 18.6 Å². The molecule has 6 N–H and O–H groups in total. The van der Waals surface area contributed by atoms with Crippen molar-refractivity contribution in [2.45, 2.75) is 24.9 Å². The second kappa shape index (κ2) is 9.15. The number of carbonyl (C=O) groups is 4. The Morgan fingerprint density at radius 2 is 1.80 bits per heavy atom. The summed E-state index contributed by atoms with van der Waals surface area (Å²) in [5.41, 5.74) is 5.23. The maximum Gasteiger partial charge on any atom is 0.322 e. The van der Waals surface area contributed by atoms with Crippen LogP contribution < -0.4 is 16.4 Å². The van der Waals surface area contributed by atoms with Gasteiger partial charge in [-0.1, -0.05) is 0 Å². The first kappa shape index (κ1) is 18.2. The van der Waals surface area contributed by atoms with E-state index >= 15 is 0 Å². The standard InChI is InChI=1S/C10H17N3O6S/c11-5(10(18)19)1-2-7(14)13-6(4-20)9(17)12-3-8(15)16/h5-6,20H,1-4,11H2,(H,12,17)(H,13,14)(H,15,16)(H,18,19)/t5-,6+/m0/s1/i4+1,6+1,9+1,13+1. The zero-order chi connectivity index (χ0) is 15.7. The molecule has 2 amide bonds. The Balaban J connectivity index is 4.21. The van der Waals surface area contributed by atoms with Gasteiger partial charge >= 0.3 is 11.9 Å².